The minimum atomic E-state index is -0.559. The highest BCUT2D eigenvalue weighted by Crippen LogP contribution is 2.23. The molecule has 0 saturated carbocycles. The Morgan fingerprint density at radius 3 is 2.86 bits per heavy atom. The molecule has 116 valence electrons. The second-order valence-corrected chi connectivity index (χ2v) is 5.21. The van der Waals surface area contributed by atoms with Gasteiger partial charge in [-0.3, -0.25) is 4.68 Å². The van der Waals surface area contributed by atoms with E-state index in [0.29, 0.717) is 13.2 Å². The first-order valence-corrected chi connectivity index (χ1v) is 7.13. The van der Waals surface area contributed by atoms with Gasteiger partial charge in [-0.05, 0) is 6.42 Å². The summed E-state index contributed by atoms with van der Waals surface area (Å²) in [6.45, 7) is 2.84. The summed E-state index contributed by atoms with van der Waals surface area (Å²) in [7, 11) is 5.35. The van der Waals surface area contributed by atoms with E-state index in [0.717, 1.165) is 35.5 Å². The monoisotopic (exact) mass is 293 g/mol. The van der Waals surface area contributed by atoms with Crippen LogP contribution in [0.15, 0.2) is 6.20 Å². The quantitative estimate of drug-likeness (QED) is 0.812. The van der Waals surface area contributed by atoms with E-state index in [2.05, 4.69) is 22.0 Å². The first kappa shape index (κ1) is 15.7. The van der Waals surface area contributed by atoms with Crippen LogP contribution >= 0.6 is 0 Å². The molecular weight excluding hydrogens is 270 g/mol. The molecule has 1 atom stereocenters. The van der Waals surface area contributed by atoms with Gasteiger partial charge in [0, 0.05) is 34.2 Å². The second kappa shape index (κ2) is 6.82. The van der Waals surface area contributed by atoms with Gasteiger partial charge in [-0.1, -0.05) is 6.92 Å². The van der Waals surface area contributed by atoms with E-state index in [4.69, 9.17) is 4.74 Å². The van der Waals surface area contributed by atoms with Crippen molar-refractivity contribution in [1.29, 1.82) is 0 Å². The molecule has 2 aromatic heterocycles. The zero-order chi connectivity index (χ0) is 15.4. The van der Waals surface area contributed by atoms with Crippen LogP contribution in [0.2, 0.25) is 0 Å². The fourth-order valence-electron chi connectivity index (χ4n) is 2.33. The average Bonchev–Trinajstić information content (AvgIpc) is 2.80. The molecule has 0 spiro atoms. The van der Waals surface area contributed by atoms with Gasteiger partial charge < -0.3 is 14.7 Å². The minimum absolute atomic E-state index is 0.299. The molecule has 7 nitrogen and oxygen atoms in total. The van der Waals surface area contributed by atoms with Crippen molar-refractivity contribution < 1.29 is 9.84 Å². The molecule has 21 heavy (non-hydrogen) atoms. The Hall–Kier alpha value is -1.73. The Morgan fingerprint density at radius 1 is 1.43 bits per heavy atom. The third-order valence-corrected chi connectivity index (χ3v) is 3.30. The lowest BCUT2D eigenvalue weighted by molar-refractivity contribution is 0.0694. The van der Waals surface area contributed by atoms with E-state index in [1.807, 2.05) is 19.0 Å². The minimum Gasteiger partial charge on any atom is -0.389 e. The number of aliphatic hydroxyl groups is 1. The molecule has 0 bridgehead atoms. The molecule has 1 N–H and O–H groups in total. The molecular formula is C14H23N5O2. The van der Waals surface area contributed by atoms with Crippen molar-refractivity contribution in [3.05, 3.63) is 12.0 Å². The van der Waals surface area contributed by atoms with Crippen molar-refractivity contribution in [3.63, 3.8) is 0 Å². The third-order valence-electron chi connectivity index (χ3n) is 3.30. The lowest BCUT2D eigenvalue weighted by Crippen LogP contribution is -2.32. The first-order chi connectivity index (χ1) is 10.1. The summed E-state index contributed by atoms with van der Waals surface area (Å²) in [4.78, 5) is 11.1. The maximum Gasteiger partial charge on any atom is 0.163 e. The highest BCUT2D eigenvalue weighted by Gasteiger charge is 2.16. The highest BCUT2D eigenvalue weighted by atomic mass is 16.5. The Kier molecular flexibility index (Phi) is 5.08. The molecule has 2 rings (SSSR count). The van der Waals surface area contributed by atoms with Crippen LogP contribution in [0.1, 0.15) is 19.2 Å². The molecule has 0 fully saturated rings. The number of hydrogen-bond acceptors (Lipinski definition) is 6. The van der Waals surface area contributed by atoms with Crippen molar-refractivity contribution in [3.8, 4) is 0 Å². The van der Waals surface area contributed by atoms with Gasteiger partial charge in [-0.25, -0.2) is 9.97 Å². The molecule has 0 aliphatic heterocycles. The summed E-state index contributed by atoms with van der Waals surface area (Å²) >= 11 is 0. The molecule has 0 saturated heterocycles. The van der Waals surface area contributed by atoms with E-state index in [1.54, 1.807) is 18.0 Å². The predicted octanol–water partition coefficient (Wildman–Crippen LogP) is 0.759. The molecule has 0 amide bonds. The van der Waals surface area contributed by atoms with Gasteiger partial charge >= 0.3 is 0 Å². The normalized spacial score (nSPS) is 12.8. The number of likely N-dealkylation sites (N-methyl/N-ethyl adjacent to an activating group) is 1. The van der Waals surface area contributed by atoms with Gasteiger partial charge in [0.25, 0.3) is 0 Å². The molecule has 2 heterocycles. The molecule has 2 aromatic rings. The van der Waals surface area contributed by atoms with Crippen molar-refractivity contribution >= 4 is 16.9 Å². The summed E-state index contributed by atoms with van der Waals surface area (Å²) in [5, 5.41) is 15.0. The number of rotatable bonds is 7. The Labute approximate surface area is 124 Å². The van der Waals surface area contributed by atoms with E-state index >= 15 is 0 Å². The number of aliphatic hydroxyl groups excluding tert-OH is 1. The Bertz CT molecular complexity index is 598. The zero-order valence-corrected chi connectivity index (χ0v) is 13.1. The number of anilines is 1. The van der Waals surface area contributed by atoms with E-state index < -0.39 is 6.10 Å². The largest absolute Gasteiger partial charge is 0.389 e. The summed E-state index contributed by atoms with van der Waals surface area (Å²) in [5.74, 6) is 1.60. The lowest BCUT2D eigenvalue weighted by Gasteiger charge is -2.22. The fourth-order valence-corrected chi connectivity index (χ4v) is 2.33. The molecule has 0 aromatic carbocycles. The molecule has 7 heteroatoms. The van der Waals surface area contributed by atoms with Crippen LogP contribution in [-0.4, -0.2) is 58.3 Å². The Morgan fingerprint density at radius 2 is 2.19 bits per heavy atom. The number of methoxy groups -OCH3 is 1. The zero-order valence-electron chi connectivity index (χ0n) is 13.1. The van der Waals surface area contributed by atoms with Crippen molar-refractivity contribution in [2.45, 2.75) is 25.9 Å². The summed E-state index contributed by atoms with van der Waals surface area (Å²) in [6.07, 6.45) is 3.01. The van der Waals surface area contributed by atoms with E-state index in [1.165, 1.54) is 0 Å². The SMILES string of the molecule is CCCc1nc(N(C)CC(O)COC)c2cnn(C)c2n1. The van der Waals surface area contributed by atoms with Crippen LogP contribution in [-0.2, 0) is 18.2 Å². The van der Waals surface area contributed by atoms with Gasteiger partial charge in [0.2, 0.25) is 0 Å². The van der Waals surface area contributed by atoms with Gasteiger partial charge in [-0.2, -0.15) is 5.10 Å². The van der Waals surface area contributed by atoms with Crippen molar-refractivity contribution in [2.24, 2.45) is 7.05 Å². The molecule has 0 aliphatic rings. The van der Waals surface area contributed by atoms with Crippen molar-refractivity contribution in [1.82, 2.24) is 19.7 Å². The van der Waals surface area contributed by atoms with Crippen LogP contribution in [0.25, 0.3) is 11.0 Å². The maximum atomic E-state index is 9.90. The number of nitrogens with zero attached hydrogens (tertiary/aromatic N) is 5. The van der Waals surface area contributed by atoms with Crippen LogP contribution in [0.4, 0.5) is 5.82 Å². The highest BCUT2D eigenvalue weighted by molar-refractivity contribution is 5.86. The fraction of sp³-hybridized carbons (Fsp3) is 0.643. The molecule has 0 radical (unpaired) electrons. The summed E-state index contributed by atoms with van der Waals surface area (Å²) in [5.41, 5.74) is 0.816. The first-order valence-electron chi connectivity index (χ1n) is 7.13. The number of aromatic nitrogens is 4. The number of aryl methyl sites for hydroxylation is 2. The van der Waals surface area contributed by atoms with Crippen LogP contribution in [0.5, 0.6) is 0 Å². The maximum absolute atomic E-state index is 9.90. The van der Waals surface area contributed by atoms with E-state index in [-0.39, 0.29) is 0 Å². The van der Waals surface area contributed by atoms with E-state index in [9.17, 15) is 5.11 Å². The number of fused-ring (bicyclic) bond motifs is 1. The smallest absolute Gasteiger partial charge is 0.163 e. The van der Waals surface area contributed by atoms with Crippen LogP contribution in [0, 0.1) is 0 Å². The van der Waals surface area contributed by atoms with Gasteiger partial charge in [-0.15, -0.1) is 0 Å². The van der Waals surface area contributed by atoms with Gasteiger partial charge in [0.15, 0.2) is 5.65 Å². The number of hydrogen-bond donors (Lipinski definition) is 1. The van der Waals surface area contributed by atoms with Crippen molar-refractivity contribution in [2.75, 3.05) is 32.2 Å². The summed E-state index contributed by atoms with van der Waals surface area (Å²) < 4.78 is 6.72. The van der Waals surface area contributed by atoms with Crippen LogP contribution in [0.3, 0.4) is 0 Å². The molecule has 1 unspecified atom stereocenters. The van der Waals surface area contributed by atoms with Gasteiger partial charge in [0.1, 0.15) is 11.6 Å². The Balaban J connectivity index is 2.36. The lowest BCUT2D eigenvalue weighted by atomic mass is 10.3. The standard InChI is InChI=1S/C14H23N5O2/c1-5-6-12-16-13(18(2)8-10(20)9-21-4)11-7-15-19(3)14(11)17-12/h7,10,20H,5-6,8-9H2,1-4H3. The predicted molar refractivity (Wildman–Crippen MR) is 81.5 cm³/mol. The topological polar surface area (TPSA) is 76.3 Å². The third kappa shape index (κ3) is 3.48. The second-order valence-electron chi connectivity index (χ2n) is 5.21. The van der Waals surface area contributed by atoms with Gasteiger partial charge in [0.05, 0.1) is 24.3 Å². The van der Waals surface area contributed by atoms with Crippen LogP contribution < -0.4 is 4.90 Å². The molecule has 0 aliphatic carbocycles. The summed E-state index contributed by atoms with van der Waals surface area (Å²) in [6, 6.07) is 0. The average molecular weight is 293 g/mol. The number of ether oxygens (including phenoxy) is 1.